The summed E-state index contributed by atoms with van der Waals surface area (Å²) in [6.45, 7) is 1.13. The van der Waals surface area contributed by atoms with Gasteiger partial charge in [0.25, 0.3) is 11.8 Å². The molecule has 1 fully saturated rings. The number of rotatable bonds is 5. The maximum Gasteiger partial charge on any atom is 0.270 e. The number of nitrogens with one attached hydrogen (secondary N) is 1. The van der Waals surface area contributed by atoms with Crippen LogP contribution < -0.4 is 5.32 Å². The number of piperidine rings is 1. The molecule has 0 spiro atoms. The zero-order valence-corrected chi connectivity index (χ0v) is 14.4. The minimum Gasteiger partial charge on any atom is -0.465 e. The fourth-order valence-electron chi connectivity index (χ4n) is 3.02. The highest BCUT2D eigenvalue weighted by atomic mass is 16.3. The number of aliphatic hydroxyl groups excluding tert-OH is 1. The van der Waals surface area contributed by atoms with Gasteiger partial charge in [0.1, 0.15) is 11.5 Å². The van der Waals surface area contributed by atoms with Crippen LogP contribution in [0.1, 0.15) is 29.0 Å². The number of hydrogen-bond donors (Lipinski definition) is 2. The number of nitrogens with zero attached hydrogens (tertiary/aromatic N) is 1. The topological polar surface area (TPSA) is 82.8 Å². The SMILES string of the molecule is O=C(NC(=Cc1ccco1)C(=O)N1CCC[C@H](CO)C1)c1ccccc1. The molecule has 1 atom stereocenters. The van der Waals surface area contributed by atoms with Gasteiger partial charge >= 0.3 is 0 Å². The van der Waals surface area contributed by atoms with Gasteiger partial charge in [-0.1, -0.05) is 18.2 Å². The van der Waals surface area contributed by atoms with Crippen LogP contribution in [-0.2, 0) is 4.79 Å². The molecule has 0 radical (unpaired) electrons. The predicted molar refractivity (Wildman–Crippen MR) is 97.0 cm³/mol. The van der Waals surface area contributed by atoms with Gasteiger partial charge in [0.2, 0.25) is 0 Å². The van der Waals surface area contributed by atoms with E-state index in [1.807, 2.05) is 6.07 Å². The van der Waals surface area contributed by atoms with E-state index in [9.17, 15) is 14.7 Å². The molecule has 1 aliphatic heterocycles. The lowest BCUT2D eigenvalue weighted by Gasteiger charge is -2.32. The minimum absolute atomic E-state index is 0.0530. The summed E-state index contributed by atoms with van der Waals surface area (Å²) in [5, 5.41) is 12.1. The molecule has 0 saturated carbocycles. The molecule has 136 valence electrons. The van der Waals surface area contributed by atoms with Crippen LogP contribution in [0.15, 0.2) is 58.8 Å². The van der Waals surface area contributed by atoms with Crippen LogP contribution in [0.5, 0.6) is 0 Å². The molecule has 1 aromatic heterocycles. The Balaban J connectivity index is 1.81. The first-order valence-electron chi connectivity index (χ1n) is 8.69. The summed E-state index contributed by atoms with van der Waals surface area (Å²) in [5.74, 6) is -0.0730. The number of aliphatic hydroxyl groups is 1. The first kappa shape index (κ1) is 17.9. The van der Waals surface area contributed by atoms with Gasteiger partial charge in [0, 0.05) is 31.3 Å². The fraction of sp³-hybridized carbons (Fsp3) is 0.300. The zero-order chi connectivity index (χ0) is 18.4. The molecule has 2 aromatic rings. The largest absolute Gasteiger partial charge is 0.465 e. The first-order valence-corrected chi connectivity index (χ1v) is 8.69. The van der Waals surface area contributed by atoms with Gasteiger partial charge in [-0.3, -0.25) is 9.59 Å². The van der Waals surface area contributed by atoms with Crippen molar-refractivity contribution in [2.75, 3.05) is 19.7 Å². The van der Waals surface area contributed by atoms with Crippen molar-refractivity contribution >= 4 is 17.9 Å². The van der Waals surface area contributed by atoms with E-state index in [-0.39, 0.29) is 30.0 Å². The third-order valence-electron chi connectivity index (χ3n) is 4.41. The molecule has 2 N–H and O–H groups in total. The second kappa shape index (κ2) is 8.49. The Morgan fingerprint density at radius 1 is 1.23 bits per heavy atom. The normalized spacial score (nSPS) is 17.8. The van der Waals surface area contributed by atoms with Gasteiger partial charge in [-0.15, -0.1) is 0 Å². The molecule has 1 saturated heterocycles. The number of carbonyl (C=O) groups excluding carboxylic acids is 2. The molecule has 6 heteroatoms. The van der Waals surface area contributed by atoms with Gasteiger partial charge in [0.15, 0.2) is 0 Å². The average molecular weight is 354 g/mol. The highest BCUT2D eigenvalue weighted by Gasteiger charge is 2.26. The lowest BCUT2D eigenvalue weighted by Crippen LogP contribution is -2.44. The summed E-state index contributed by atoms with van der Waals surface area (Å²) in [7, 11) is 0. The van der Waals surface area contributed by atoms with Crippen LogP contribution in [0.4, 0.5) is 0 Å². The summed E-state index contributed by atoms with van der Waals surface area (Å²) in [5.41, 5.74) is 0.630. The van der Waals surface area contributed by atoms with E-state index >= 15 is 0 Å². The monoisotopic (exact) mass is 354 g/mol. The molecule has 6 nitrogen and oxygen atoms in total. The van der Waals surface area contributed by atoms with E-state index < -0.39 is 0 Å². The minimum atomic E-state index is -0.354. The third-order valence-corrected chi connectivity index (χ3v) is 4.41. The summed E-state index contributed by atoms with van der Waals surface area (Å²) in [4.78, 5) is 27.1. The fourth-order valence-corrected chi connectivity index (χ4v) is 3.02. The molecule has 0 aliphatic carbocycles. The molecule has 26 heavy (non-hydrogen) atoms. The Labute approximate surface area is 152 Å². The van der Waals surface area contributed by atoms with Crippen LogP contribution in [0.3, 0.4) is 0 Å². The molecule has 3 rings (SSSR count). The van der Waals surface area contributed by atoms with E-state index in [1.165, 1.54) is 12.3 Å². The zero-order valence-electron chi connectivity index (χ0n) is 14.4. The molecular formula is C20H22N2O4. The molecule has 2 amide bonds. The van der Waals surface area contributed by atoms with Crippen molar-refractivity contribution in [2.45, 2.75) is 12.8 Å². The average Bonchev–Trinajstić information content (AvgIpc) is 3.20. The van der Waals surface area contributed by atoms with Crippen molar-refractivity contribution in [1.29, 1.82) is 0 Å². The second-order valence-electron chi connectivity index (χ2n) is 6.34. The molecular weight excluding hydrogens is 332 g/mol. The number of furan rings is 1. The predicted octanol–water partition coefficient (Wildman–Crippen LogP) is 2.28. The smallest absolute Gasteiger partial charge is 0.270 e. The van der Waals surface area contributed by atoms with Crippen LogP contribution in [0.2, 0.25) is 0 Å². The maximum absolute atomic E-state index is 13.0. The first-order chi connectivity index (χ1) is 12.7. The van der Waals surface area contributed by atoms with Crippen molar-refractivity contribution in [3.63, 3.8) is 0 Å². The van der Waals surface area contributed by atoms with E-state index in [0.29, 0.717) is 24.4 Å². The summed E-state index contributed by atoms with van der Waals surface area (Å²) >= 11 is 0. The molecule has 1 aliphatic rings. The Hall–Kier alpha value is -2.86. The molecule has 2 heterocycles. The van der Waals surface area contributed by atoms with Crippen molar-refractivity contribution in [3.8, 4) is 0 Å². The van der Waals surface area contributed by atoms with Gasteiger partial charge in [-0.25, -0.2) is 0 Å². The van der Waals surface area contributed by atoms with E-state index in [4.69, 9.17) is 4.42 Å². The number of hydrogen-bond acceptors (Lipinski definition) is 4. The van der Waals surface area contributed by atoms with Gasteiger partial charge in [-0.05, 0) is 43.0 Å². The van der Waals surface area contributed by atoms with E-state index in [2.05, 4.69) is 5.32 Å². The van der Waals surface area contributed by atoms with Gasteiger partial charge < -0.3 is 19.7 Å². The van der Waals surface area contributed by atoms with Gasteiger partial charge in [0.05, 0.1) is 6.26 Å². The lowest BCUT2D eigenvalue weighted by atomic mass is 9.99. The summed E-state index contributed by atoms with van der Waals surface area (Å²) in [6, 6.07) is 12.2. The number of benzene rings is 1. The van der Waals surface area contributed by atoms with Crippen LogP contribution in [-0.4, -0.2) is 41.5 Å². The van der Waals surface area contributed by atoms with Crippen molar-refractivity contribution in [1.82, 2.24) is 10.2 Å². The molecule has 1 aromatic carbocycles. The second-order valence-corrected chi connectivity index (χ2v) is 6.34. The number of amides is 2. The highest BCUT2D eigenvalue weighted by molar-refractivity contribution is 6.05. The third kappa shape index (κ3) is 4.40. The van der Waals surface area contributed by atoms with Crippen LogP contribution >= 0.6 is 0 Å². The lowest BCUT2D eigenvalue weighted by molar-refractivity contribution is -0.129. The van der Waals surface area contributed by atoms with Crippen LogP contribution in [0, 0.1) is 5.92 Å². The van der Waals surface area contributed by atoms with Crippen LogP contribution in [0.25, 0.3) is 6.08 Å². The summed E-state index contributed by atoms with van der Waals surface area (Å²) < 4.78 is 5.29. The number of likely N-dealkylation sites (tertiary alicyclic amines) is 1. The van der Waals surface area contributed by atoms with Crippen molar-refractivity contribution in [3.05, 3.63) is 65.7 Å². The highest BCUT2D eigenvalue weighted by Crippen LogP contribution is 2.18. The van der Waals surface area contributed by atoms with Crippen molar-refractivity contribution < 1.29 is 19.1 Å². The standard InChI is InChI=1S/C20H22N2O4/c23-14-15-6-4-10-22(13-15)20(25)18(12-17-9-5-11-26-17)21-19(24)16-7-2-1-3-8-16/h1-3,5,7-9,11-12,15,23H,4,6,10,13-14H2,(H,21,24)/t15-/m0/s1. The Kier molecular flexibility index (Phi) is 5.86. The number of carbonyl (C=O) groups is 2. The summed E-state index contributed by atoms with van der Waals surface area (Å²) in [6.07, 6.45) is 4.77. The molecule has 0 bridgehead atoms. The van der Waals surface area contributed by atoms with Crippen molar-refractivity contribution in [2.24, 2.45) is 5.92 Å². The Morgan fingerprint density at radius 3 is 2.73 bits per heavy atom. The quantitative estimate of drug-likeness (QED) is 0.807. The Bertz CT molecular complexity index is 768. The Morgan fingerprint density at radius 2 is 2.04 bits per heavy atom. The molecule has 0 unspecified atom stereocenters. The van der Waals surface area contributed by atoms with E-state index in [1.54, 1.807) is 41.3 Å². The van der Waals surface area contributed by atoms with Gasteiger partial charge in [-0.2, -0.15) is 0 Å². The maximum atomic E-state index is 13.0. The van der Waals surface area contributed by atoms with E-state index in [0.717, 1.165) is 12.8 Å².